The number of hydrogen-bond donors (Lipinski definition) is 1. The summed E-state index contributed by atoms with van der Waals surface area (Å²) in [6, 6.07) is 1.42. The molecule has 1 rings (SSSR count). The van der Waals surface area contributed by atoms with E-state index in [-0.39, 0.29) is 23.4 Å². The molecule has 1 N–H and O–H groups in total. The number of nitrogens with zero attached hydrogens (tertiary/aromatic N) is 1. The van der Waals surface area contributed by atoms with Crippen LogP contribution in [0, 0.1) is 0 Å². The van der Waals surface area contributed by atoms with Crippen molar-refractivity contribution >= 4 is 21.7 Å². The lowest BCUT2D eigenvalue weighted by atomic mass is 10.3. The monoisotopic (exact) mass is 219 g/mol. The molecule has 11 heavy (non-hydrogen) atoms. The van der Waals surface area contributed by atoms with E-state index in [2.05, 4.69) is 25.6 Å². The van der Waals surface area contributed by atoms with Crippen LogP contribution in [0.15, 0.2) is 10.6 Å². The number of aliphatic hydroxyl groups excluding tert-OH is 1. The fourth-order valence-electron chi connectivity index (χ4n) is 0.587. The maximum Gasteiger partial charge on any atom is 0.195 e. The summed E-state index contributed by atoms with van der Waals surface area (Å²) >= 11 is 2.99. The standard InChI is InChI=1S/C6H6BrNO3/c7-2-6(10)5-1-4(3-9)11-8-5/h1,9H,2-3H2. The first kappa shape index (κ1) is 8.42. The second kappa shape index (κ2) is 3.64. The molecular formula is C6H6BrNO3. The van der Waals surface area contributed by atoms with E-state index in [4.69, 9.17) is 5.11 Å². The molecule has 0 saturated carbocycles. The zero-order valence-corrected chi connectivity index (χ0v) is 7.17. The molecule has 60 valence electrons. The van der Waals surface area contributed by atoms with Gasteiger partial charge < -0.3 is 9.63 Å². The van der Waals surface area contributed by atoms with Crippen LogP contribution in [0.1, 0.15) is 16.2 Å². The van der Waals surface area contributed by atoms with Crippen LogP contribution in [0.4, 0.5) is 0 Å². The fourth-order valence-corrected chi connectivity index (χ4v) is 0.875. The fraction of sp³-hybridized carbons (Fsp3) is 0.333. The minimum Gasteiger partial charge on any atom is -0.388 e. The van der Waals surface area contributed by atoms with E-state index in [9.17, 15) is 4.79 Å². The number of aliphatic hydroxyl groups is 1. The van der Waals surface area contributed by atoms with Gasteiger partial charge in [0.05, 0.1) is 5.33 Å². The van der Waals surface area contributed by atoms with Gasteiger partial charge in [0.25, 0.3) is 0 Å². The van der Waals surface area contributed by atoms with Crippen molar-refractivity contribution in [3.05, 3.63) is 17.5 Å². The van der Waals surface area contributed by atoms with Crippen molar-refractivity contribution in [1.29, 1.82) is 0 Å². The Bertz CT molecular complexity index is 258. The van der Waals surface area contributed by atoms with E-state index in [0.29, 0.717) is 5.76 Å². The highest BCUT2D eigenvalue weighted by molar-refractivity contribution is 9.09. The van der Waals surface area contributed by atoms with Gasteiger partial charge in [0, 0.05) is 6.07 Å². The number of carbonyl (C=O) groups excluding carboxylic acids is 1. The molecule has 1 heterocycles. The number of hydrogen-bond acceptors (Lipinski definition) is 4. The van der Waals surface area contributed by atoms with E-state index < -0.39 is 0 Å². The molecule has 5 heteroatoms. The van der Waals surface area contributed by atoms with Crippen molar-refractivity contribution < 1.29 is 14.4 Å². The average Bonchev–Trinajstić information content (AvgIpc) is 2.50. The van der Waals surface area contributed by atoms with E-state index in [1.165, 1.54) is 6.07 Å². The van der Waals surface area contributed by atoms with Gasteiger partial charge in [0.15, 0.2) is 17.2 Å². The molecule has 0 radical (unpaired) electrons. The van der Waals surface area contributed by atoms with Crippen LogP contribution >= 0.6 is 15.9 Å². The zero-order valence-electron chi connectivity index (χ0n) is 5.58. The van der Waals surface area contributed by atoms with Gasteiger partial charge in [-0.05, 0) is 0 Å². The molecule has 4 nitrogen and oxygen atoms in total. The van der Waals surface area contributed by atoms with Crippen molar-refractivity contribution in [2.45, 2.75) is 6.61 Å². The molecule has 0 amide bonds. The molecular weight excluding hydrogens is 214 g/mol. The molecule has 0 bridgehead atoms. The van der Waals surface area contributed by atoms with Crippen molar-refractivity contribution in [1.82, 2.24) is 5.16 Å². The lowest BCUT2D eigenvalue weighted by Crippen LogP contribution is -1.99. The Morgan fingerprint density at radius 3 is 3.00 bits per heavy atom. The Morgan fingerprint density at radius 2 is 2.55 bits per heavy atom. The van der Waals surface area contributed by atoms with Gasteiger partial charge >= 0.3 is 0 Å². The van der Waals surface area contributed by atoms with Crippen LogP contribution in [0.3, 0.4) is 0 Å². The van der Waals surface area contributed by atoms with Gasteiger partial charge in [-0.1, -0.05) is 21.1 Å². The molecule has 1 aromatic rings. The average molecular weight is 220 g/mol. The topological polar surface area (TPSA) is 63.3 Å². The molecule has 0 atom stereocenters. The number of carbonyl (C=O) groups is 1. The normalized spacial score (nSPS) is 10.0. The van der Waals surface area contributed by atoms with Gasteiger partial charge in [0.1, 0.15) is 6.61 Å². The molecule has 0 aliphatic heterocycles. The predicted molar refractivity (Wildman–Crippen MR) is 40.6 cm³/mol. The van der Waals surface area contributed by atoms with Gasteiger partial charge in [-0.3, -0.25) is 4.79 Å². The third-order valence-electron chi connectivity index (χ3n) is 1.12. The minimum atomic E-state index is -0.234. The summed E-state index contributed by atoms with van der Waals surface area (Å²) in [5, 5.41) is 12.2. The Morgan fingerprint density at radius 1 is 1.82 bits per heavy atom. The van der Waals surface area contributed by atoms with Crippen LogP contribution in [0.25, 0.3) is 0 Å². The first-order valence-corrected chi connectivity index (χ1v) is 4.05. The molecule has 0 unspecified atom stereocenters. The molecule has 0 aromatic carbocycles. The summed E-state index contributed by atoms with van der Waals surface area (Å²) in [7, 11) is 0. The third kappa shape index (κ3) is 1.87. The number of aromatic nitrogens is 1. The van der Waals surface area contributed by atoms with Gasteiger partial charge in [-0.15, -0.1) is 0 Å². The summed E-state index contributed by atoms with van der Waals surface area (Å²) in [4.78, 5) is 10.9. The second-order valence-corrected chi connectivity index (χ2v) is 2.45. The van der Waals surface area contributed by atoms with Crippen molar-refractivity contribution in [2.24, 2.45) is 0 Å². The predicted octanol–water partition coefficient (Wildman–Crippen LogP) is 0.744. The summed E-state index contributed by atoms with van der Waals surface area (Å²) in [6.07, 6.45) is 0. The maximum atomic E-state index is 10.9. The molecule has 0 aliphatic carbocycles. The first-order chi connectivity index (χ1) is 5.27. The quantitative estimate of drug-likeness (QED) is 0.602. The van der Waals surface area contributed by atoms with Crippen molar-refractivity contribution in [3.8, 4) is 0 Å². The van der Waals surface area contributed by atoms with Gasteiger partial charge in [-0.25, -0.2) is 0 Å². The van der Waals surface area contributed by atoms with Crippen molar-refractivity contribution in [3.63, 3.8) is 0 Å². The second-order valence-electron chi connectivity index (χ2n) is 1.89. The number of alkyl halides is 1. The number of rotatable bonds is 3. The summed E-state index contributed by atoms with van der Waals surface area (Å²) < 4.78 is 4.60. The Balaban J connectivity index is 2.80. The summed E-state index contributed by atoms with van der Waals surface area (Å²) in [5.41, 5.74) is 0.242. The van der Waals surface area contributed by atoms with Gasteiger partial charge in [-0.2, -0.15) is 0 Å². The number of Topliss-reactive ketones (excluding diaryl/α,β-unsaturated/α-hetero) is 1. The molecule has 0 spiro atoms. The SMILES string of the molecule is O=C(CBr)c1cc(CO)on1. The molecule has 0 fully saturated rings. The summed E-state index contributed by atoms with van der Waals surface area (Å²) in [5.74, 6) is 0.141. The highest BCUT2D eigenvalue weighted by Crippen LogP contribution is 2.04. The molecule has 0 aliphatic rings. The van der Waals surface area contributed by atoms with Crippen LogP contribution in [0.5, 0.6) is 0 Å². The Labute approximate surface area is 71.3 Å². The maximum absolute atomic E-state index is 10.9. The zero-order chi connectivity index (χ0) is 8.27. The van der Waals surface area contributed by atoms with Gasteiger partial charge in [0.2, 0.25) is 0 Å². The minimum absolute atomic E-state index is 0.159. The lowest BCUT2D eigenvalue weighted by Gasteiger charge is -1.82. The van der Waals surface area contributed by atoms with Crippen molar-refractivity contribution in [2.75, 3.05) is 5.33 Å². The largest absolute Gasteiger partial charge is 0.388 e. The highest BCUT2D eigenvalue weighted by atomic mass is 79.9. The Hall–Kier alpha value is -0.680. The van der Waals surface area contributed by atoms with E-state index in [0.717, 1.165) is 0 Å². The van der Waals surface area contributed by atoms with E-state index >= 15 is 0 Å². The Kier molecular flexibility index (Phi) is 2.78. The smallest absolute Gasteiger partial charge is 0.195 e. The van der Waals surface area contributed by atoms with E-state index in [1.54, 1.807) is 0 Å². The number of ketones is 1. The molecule has 1 aromatic heterocycles. The highest BCUT2D eigenvalue weighted by Gasteiger charge is 2.09. The van der Waals surface area contributed by atoms with Crippen LogP contribution < -0.4 is 0 Å². The van der Waals surface area contributed by atoms with Crippen LogP contribution in [-0.2, 0) is 6.61 Å². The third-order valence-corrected chi connectivity index (χ3v) is 1.63. The molecule has 0 saturated heterocycles. The summed E-state index contributed by atoms with van der Waals surface area (Å²) in [6.45, 7) is -0.234. The van der Waals surface area contributed by atoms with Crippen LogP contribution in [0.2, 0.25) is 0 Å². The van der Waals surface area contributed by atoms with E-state index in [1.807, 2.05) is 0 Å². The van der Waals surface area contributed by atoms with Crippen LogP contribution in [-0.4, -0.2) is 21.4 Å². The first-order valence-electron chi connectivity index (χ1n) is 2.93. The number of halogens is 1. The lowest BCUT2D eigenvalue weighted by molar-refractivity contribution is 0.101.